The van der Waals surface area contributed by atoms with E-state index in [1.807, 2.05) is 0 Å². The lowest BCUT2D eigenvalue weighted by atomic mass is 9.86. The van der Waals surface area contributed by atoms with Crippen molar-refractivity contribution >= 4 is 23.5 Å². The molecule has 16 nitrogen and oxygen atoms in total. The Bertz CT molecular complexity index is 1440. The Labute approximate surface area is 238 Å². The van der Waals surface area contributed by atoms with Crippen molar-refractivity contribution in [3.63, 3.8) is 0 Å². The monoisotopic (exact) mass is 574 g/mol. The van der Waals surface area contributed by atoms with E-state index in [2.05, 4.69) is 30.6 Å². The van der Waals surface area contributed by atoms with Gasteiger partial charge in [-0.25, -0.2) is 0 Å². The summed E-state index contributed by atoms with van der Waals surface area (Å²) in [6.45, 7) is 0. The quantitative estimate of drug-likeness (QED) is 0.232. The molecule has 42 heavy (non-hydrogen) atoms. The Kier molecular flexibility index (Phi) is 8.22. The minimum absolute atomic E-state index is 0.0611. The van der Waals surface area contributed by atoms with E-state index in [1.165, 1.54) is 25.0 Å². The van der Waals surface area contributed by atoms with Crippen LogP contribution in [0.3, 0.4) is 0 Å². The third-order valence-corrected chi connectivity index (χ3v) is 7.09. The fourth-order valence-corrected chi connectivity index (χ4v) is 4.65. The Morgan fingerprint density at radius 3 is 1.40 bits per heavy atom. The van der Waals surface area contributed by atoms with Gasteiger partial charge in [-0.2, -0.15) is 0 Å². The molecule has 0 unspecified atom stereocenters. The molecular weight excluding hydrogens is 548 g/mol. The zero-order chi connectivity index (χ0) is 29.6. The average Bonchev–Trinajstić information content (AvgIpc) is 3.64. The number of carbonyl (C=O) groups is 2. The standard InChI is InChI=1S/2C13H13N5O3/c2*19-13(11-3-1-2-4-14-11)16-9-5-10(6-9)17-7-12(15-8-17)18(20)21/h2*1-4,7-10H,5-6H2,(H,16,19). The fraction of sp³-hybridized carbons (Fsp3) is 0.308. The number of rotatable bonds is 8. The number of carbonyl (C=O) groups excluding carboxylic acids is 2. The van der Waals surface area contributed by atoms with Crippen LogP contribution in [-0.4, -0.2) is 62.8 Å². The van der Waals surface area contributed by atoms with Crippen LogP contribution in [0.1, 0.15) is 58.7 Å². The van der Waals surface area contributed by atoms with E-state index in [0.29, 0.717) is 11.4 Å². The van der Waals surface area contributed by atoms with Gasteiger partial charge in [0.2, 0.25) is 12.7 Å². The Balaban J connectivity index is 0.000000168. The molecule has 2 saturated carbocycles. The normalized spacial score (nSPS) is 20.6. The highest BCUT2D eigenvalue weighted by atomic mass is 16.6. The highest BCUT2D eigenvalue weighted by molar-refractivity contribution is 5.92. The number of imidazole rings is 2. The van der Waals surface area contributed by atoms with Crippen LogP contribution in [0.2, 0.25) is 0 Å². The Hall–Kier alpha value is -5.54. The van der Waals surface area contributed by atoms with Crippen LogP contribution in [0.25, 0.3) is 0 Å². The molecule has 2 amide bonds. The van der Waals surface area contributed by atoms with Gasteiger partial charge in [0.05, 0.1) is 0 Å². The first kappa shape index (κ1) is 28.0. The second-order valence-corrected chi connectivity index (χ2v) is 9.89. The second-order valence-electron chi connectivity index (χ2n) is 9.89. The van der Waals surface area contributed by atoms with Crippen molar-refractivity contribution in [2.45, 2.75) is 49.9 Å². The average molecular weight is 575 g/mol. The van der Waals surface area contributed by atoms with Gasteiger partial charge < -0.3 is 40.0 Å². The maximum atomic E-state index is 11.9. The molecule has 6 rings (SSSR count). The van der Waals surface area contributed by atoms with Crippen molar-refractivity contribution in [2.24, 2.45) is 0 Å². The molecule has 2 aliphatic carbocycles. The van der Waals surface area contributed by atoms with Crippen LogP contribution in [0.5, 0.6) is 0 Å². The number of hydrogen-bond donors (Lipinski definition) is 2. The number of amides is 2. The summed E-state index contributed by atoms with van der Waals surface area (Å²) in [5.41, 5.74) is 0.776. The van der Waals surface area contributed by atoms with Gasteiger partial charge in [0.25, 0.3) is 11.8 Å². The Morgan fingerprint density at radius 2 is 1.10 bits per heavy atom. The van der Waals surface area contributed by atoms with E-state index < -0.39 is 9.85 Å². The summed E-state index contributed by atoms with van der Waals surface area (Å²) < 4.78 is 3.45. The van der Waals surface area contributed by atoms with Gasteiger partial charge in [0.15, 0.2) is 0 Å². The highest BCUT2D eigenvalue weighted by Gasteiger charge is 2.34. The zero-order valence-electron chi connectivity index (χ0n) is 22.1. The molecule has 2 fully saturated rings. The molecular formula is C26H26N10O6. The lowest BCUT2D eigenvalue weighted by Crippen LogP contribution is -2.45. The third kappa shape index (κ3) is 6.60. The van der Waals surface area contributed by atoms with Gasteiger partial charge in [-0.1, -0.05) is 12.1 Å². The molecule has 0 atom stereocenters. The van der Waals surface area contributed by atoms with Crippen LogP contribution in [0, 0.1) is 20.2 Å². The summed E-state index contributed by atoms with van der Waals surface area (Å²) in [6, 6.07) is 10.7. The van der Waals surface area contributed by atoms with Gasteiger partial charge in [0, 0.05) is 36.6 Å². The van der Waals surface area contributed by atoms with Crippen molar-refractivity contribution in [1.82, 2.24) is 39.7 Å². The van der Waals surface area contributed by atoms with Gasteiger partial charge in [0.1, 0.15) is 23.8 Å². The van der Waals surface area contributed by atoms with Crippen LogP contribution in [-0.2, 0) is 0 Å². The SMILES string of the molecule is O=C(NC1CC(n2cnc([N+](=O)[O-])c2)C1)c1ccccn1.O=C(NC1CC(n2cnc([N+](=O)[O-])c2)C1)c1ccccn1. The van der Waals surface area contributed by atoms with E-state index in [-0.39, 0.29) is 47.6 Å². The van der Waals surface area contributed by atoms with Gasteiger partial charge >= 0.3 is 11.6 Å². The number of pyridine rings is 2. The van der Waals surface area contributed by atoms with E-state index in [1.54, 1.807) is 57.9 Å². The summed E-state index contributed by atoms with van der Waals surface area (Å²) in [5.74, 6) is -0.710. The van der Waals surface area contributed by atoms with E-state index in [9.17, 15) is 29.8 Å². The summed E-state index contributed by atoms with van der Waals surface area (Å²) in [4.78, 5) is 59.3. The van der Waals surface area contributed by atoms with Gasteiger partial charge in [-0.05, 0) is 69.8 Å². The van der Waals surface area contributed by atoms with E-state index >= 15 is 0 Å². The summed E-state index contributed by atoms with van der Waals surface area (Å²) in [6.07, 6.45) is 11.8. The Morgan fingerprint density at radius 1 is 0.690 bits per heavy atom. The maximum absolute atomic E-state index is 11.9. The number of nitro groups is 2. The molecule has 0 radical (unpaired) electrons. The molecule has 0 saturated heterocycles. The number of hydrogen-bond acceptors (Lipinski definition) is 10. The van der Waals surface area contributed by atoms with Crippen molar-refractivity contribution in [2.75, 3.05) is 0 Å². The van der Waals surface area contributed by atoms with Crippen LogP contribution < -0.4 is 10.6 Å². The number of nitrogens with zero attached hydrogens (tertiary/aromatic N) is 8. The molecule has 2 N–H and O–H groups in total. The van der Waals surface area contributed by atoms with Gasteiger partial charge in [-0.3, -0.25) is 19.6 Å². The van der Waals surface area contributed by atoms with Crippen molar-refractivity contribution in [1.29, 1.82) is 0 Å². The molecule has 0 bridgehead atoms. The summed E-state index contributed by atoms with van der Waals surface area (Å²) in [7, 11) is 0. The molecule has 2 aliphatic rings. The third-order valence-electron chi connectivity index (χ3n) is 7.09. The molecule has 4 aromatic rings. The number of aromatic nitrogens is 6. The van der Waals surface area contributed by atoms with Crippen molar-refractivity contribution < 1.29 is 19.4 Å². The lowest BCUT2D eigenvalue weighted by molar-refractivity contribution is -0.389. The van der Waals surface area contributed by atoms with Crippen LogP contribution in [0.15, 0.2) is 73.8 Å². The molecule has 216 valence electrons. The van der Waals surface area contributed by atoms with E-state index in [4.69, 9.17) is 0 Å². The fourth-order valence-electron chi connectivity index (χ4n) is 4.65. The molecule has 0 aliphatic heterocycles. The topological polar surface area (TPSA) is 206 Å². The maximum Gasteiger partial charge on any atom is 0.381 e. The summed E-state index contributed by atoms with van der Waals surface area (Å²) in [5, 5.41) is 26.9. The van der Waals surface area contributed by atoms with Crippen LogP contribution >= 0.6 is 0 Å². The molecule has 4 heterocycles. The second kappa shape index (κ2) is 12.3. The molecule has 16 heteroatoms. The van der Waals surface area contributed by atoms with Gasteiger partial charge in [-0.15, -0.1) is 0 Å². The first-order chi connectivity index (χ1) is 20.3. The van der Waals surface area contributed by atoms with Crippen LogP contribution in [0.4, 0.5) is 11.6 Å². The lowest BCUT2D eigenvalue weighted by Gasteiger charge is -2.35. The minimum Gasteiger partial charge on any atom is -0.358 e. The molecule has 4 aromatic heterocycles. The number of nitrogens with one attached hydrogen (secondary N) is 2. The molecule has 0 aromatic carbocycles. The minimum atomic E-state index is -0.518. The first-order valence-electron chi connectivity index (χ1n) is 13.1. The van der Waals surface area contributed by atoms with E-state index in [0.717, 1.165) is 25.7 Å². The van der Waals surface area contributed by atoms with Crippen molar-refractivity contribution in [3.8, 4) is 0 Å². The highest BCUT2D eigenvalue weighted by Crippen LogP contribution is 2.34. The van der Waals surface area contributed by atoms with Crippen molar-refractivity contribution in [3.05, 3.63) is 105 Å². The first-order valence-corrected chi connectivity index (χ1v) is 13.1. The zero-order valence-corrected chi connectivity index (χ0v) is 22.1. The predicted octanol–water partition coefficient (Wildman–Crippen LogP) is 2.64. The predicted molar refractivity (Wildman–Crippen MR) is 145 cm³/mol. The largest absolute Gasteiger partial charge is 0.381 e. The smallest absolute Gasteiger partial charge is 0.358 e. The molecule has 0 spiro atoms. The summed E-state index contributed by atoms with van der Waals surface area (Å²) >= 11 is 0.